The van der Waals surface area contributed by atoms with Crippen molar-refractivity contribution in [3.05, 3.63) is 35.4 Å². The molecule has 6 heteroatoms. The molecule has 1 aliphatic heterocycles. The van der Waals surface area contributed by atoms with Crippen LogP contribution in [0.4, 0.5) is 8.78 Å². The van der Waals surface area contributed by atoms with Crippen molar-refractivity contribution < 1.29 is 13.6 Å². The Labute approximate surface area is 123 Å². The molecule has 2 unspecified atom stereocenters. The van der Waals surface area contributed by atoms with E-state index in [0.29, 0.717) is 18.7 Å². The number of rotatable bonds is 2. The zero-order valence-electron chi connectivity index (χ0n) is 11.3. The third-order valence-corrected chi connectivity index (χ3v) is 3.66. The van der Waals surface area contributed by atoms with Crippen molar-refractivity contribution in [2.45, 2.75) is 25.8 Å². The fourth-order valence-electron chi connectivity index (χ4n) is 2.33. The van der Waals surface area contributed by atoms with E-state index in [4.69, 9.17) is 5.73 Å². The number of nitrogens with two attached hydrogens (primary N) is 1. The van der Waals surface area contributed by atoms with Crippen LogP contribution in [0.15, 0.2) is 18.2 Å². The third kappa shape index (κ3) is 3.90. The van der Waals surface area contributed by atoms with E-state index in [1.807, 2.05) is 6.92 Å². The Hall–Kier alpha value is -1.20. The van der Waals surface area contributed by atoms with Crippen molar-refractivity contribution in [3.63, 3.8) is 0 Å². The highest BCUT2D eigenvalue weighted by Gasteiger charge is 2.26. The van der Waals surface area contributed by atoms with E-state index in [0.717, 1.165) is 18.6 Å². The SMILES string of the molecule is CC1CN(C(=O)Cc2ccc(F)c(F)c2)CCC1N.Cl. The smallest absolute Gasteiger partial charge is 0.227 e. The number of amides is 1. The first-order valence-electron chi connectivity index (χ1n) is 6.44. The summed E-state index contributed by atoms with van der Waals surface area (Å²) in [5.74, 6) is -1.61. The molecule has 1 aromatic carbocycles. The van der Waals surface area contributed by atoms with Gasteiger partial charge in [0.2, 0.25) is 5.91 Å². The van der Waals surface area contributed by atoms with Gasteiger partial charge < -0.3 is 10.6 Å². The van der Waals surface area contributed by atoms with Gasteiger partial charge in [-0.3, -0.25) is 4.79 Å². The number of carbonyl (C=O) groups is 1. The van der Waals surface area contributed by atoms with Gasteiger partial charge >= 0.3 is 0 Å². The minimum Gasteiger partial charge on any atom is -0.342 e. The average molecular weight is 305 g/mol. The van der Waals surface area contributed by atoms with E-state index < -0.39 is 11.6 Å². The lowest BCUT2D eigenvalue weighted by Crippen LogP contribution is -2.48. The molecule has 112 valence electrons. The first-order chi connectivity index (χ1) is 8.97. The maximum absolute atomic E-state index is 13.1. The van der Waals surface area contributed by atoms with Crippen molar-refractivity contribution in [2.24, 2.45) is 11.7 Å². The molecule has 0 aliphatic carbocycles. The second-order valence-corrected chi connectivity index (χ2v) is 5.19. The highest BCUT2D eigenvalue weighted by atomic mass is 35.5. The lowest BCUT2D eigenvalue weighted by atomic mass is 9.94. The first kappa shape index (κ1) is 16.9. The molecule has 1 amide bonds. The zero-order chi connectivity index (χ0) is 14.0. The molecule has 1 saturated heterocycles. The maximum atomic E-state index is 13.1. The van der Waals surface area contributed by atoms with Crippen molar-refractivity contribution in [1.29, 1.82) is 0 Å². The average Bonchev–Trinajstić information content (AvgIpc) is 2.37. The van der Waals surface area contributed by atoms with E-state index in [9.17, 15) is 13.6 Å². The molecule has 0 spiro atoms. The highest BCUT2D eigenvalue weighted by Crippen LogP contribution is 2.17. The summed E-state index contributed by atoms with van der Waals surface area (Å²) in [5, 5.41) is 0. The first-order valence-corrected chi connectivity index (χ1v) is 6.44. The number of carbonyl (C=O) groups excluding carboxylic acids is 1. The Morgan fingerprint density at radius 2 is 2.10 bits per heavy atom. The predicted octanol–water partition coefficient (Wildman–Crippen LogP) is 2.12. The Morgan fingerprint density at radius 1 is 1.40 bits per heavy atom. The molecule has 0 bridgehead atoms. The molecule has 1 fully saturated rings. The summed E-state index contributed by atoms with van der Waals surface area (Å²) in [6.45, 7) is 3.28. The number of nitrogens with zero attached hydrogens (tertiary/aromatic N) is 1. The second-order valence-electron chi connectivity index (χ2n) is 5.19. The van der Waals surface area contributed by atoms with Crippen LogP contribution in [-0.4, -0.2) is 29.9 Å². The van der Waals surface area contributed by atoms with Crippen LogP contribution in [0.1, 0.15) is 18.9 Å². The van der Waals surface area contributed by atoms with Gasteiger partial charge in [0.05, 0.1) is 6.42 Å². The Balaban J connectivity index is 0.00000200. The molecule has 2 N–H and O–H groups in total. The van der Waals surface area contributed by atoms with Gasteiger partial charge in [-0.25, -0.2) is 8.78 Å². The van der Waals surface area contributed by atoms with Gasteiger partial charge in [0, 0.05) is 19.1 Å². The Bertz CT molecular complexity index is 484. The van der Waals surface area contributed by atoms with Gasteiger partial charge in [0.15, 0.2) is 11.6 Å². The van der Waals surface area contributed by atoms with Crippen LogP contribution in [0.3, 0.4) is 0 Å². The van der Waals surface area contributed by atoms with Crippen LogP contribution in [0.2, 0.25) is 0 Å². The summed E-state index contributed by atoms with van der Waals surface area (Å²) in [6, 6.07) is 3.70. The second kappa shape index (κ2) is 6.99. The number of piperidine rings is 1. The Morgan fingerprint density at radius 3 is 2.70 bits per heavy atom. The largest absolute Gasteiger partial charge is 0.342 e. The van der Waals surface area contributed by atoms with Gasteiger partial charge in [-0.15, -0.1) is 12.4 Å². The minimum atomic E-state index is -0.917. The molecule has 2 rings (SSSR count). The molecule has 0 radical (unpaired) electrons. The van der Waals surface area contributed by atoms with E-state index in [1.165, 1.54) is 6.07 Å². The number of benzene rings is 1. The molecule has 0 aromatic heterocycles. The summed E-state index contributed by atoms with van der Waals surface area (Å²) in [7, 11) is 0. The van der Waals surface area contributed by atoms with Crippen LogP contribution in [0, 0.1) is 17.6 Å². The predicted molar refractivity (Wildman–Crippen MR) is 75.6 cm³/mol. The fraction of sp³-hybridized carbons (Fsp3) is 0.500. The van der Waals surface area contributed by atoms with Gasteiger partial charge in [0.1, 0.15) is 0 Å². The van der Waals surface area contributed by atoms with Gasteiger partial charge in [-0.1, -0.05) is 13.0 Å². The van der Waals surface area contributed by atoms with Crippen LogP contribution < -0.4 is 5.73 Å². The highest BCUT2D eigenvalue weighted by molar-refractivity contribution is 5.85. The van der Waals surface area contributed by atoms with Crippen molar-refractivity contribution in [1.82, 2.24) is 4.90 Å². The van der Waals surface area contributed by atoms with Gasteiger partial charge in [-0.2, -0.15) is 0 Å². The monoisotopic (exact) mass is 304 g/mol. The Kier molecular flexibility index (Phi) is 5.89. The van der Waals surface area contributed by atoms with Crippen LogP contribution in [0.5, 0.6) is 0 Å². The normalized spacial score (nSPS) is 22.3. The number of halogens is 3. The minimum absolute atomic E-state index is 0. The van der Waals surface area contributed by atoms with Crippen molar-refractivity contribution in [3.8, 4) is 0 Å². The topological polar surface area (TPSA) is 46.3 Å². The molecule has 2 atom stereocenters. The van der Waals surface area contributed by atoms with E-state index >= 15 is 0 Å². The molecule has 3 nitrogen and oxygen atoms in total. The lowest BCUT2D eigenvalue weighted by molar-refractivity contribution is -0.132. The van der Waals surface area contributed by atoms with E-state index in [1.54, 1.807) is 4.90 Å². The molecular weight excluding hydrogens is 286 g/mol. The summed E-state index contributed by atoms with van der Waals surface area (Å²) in [6.07, 6.45) is 0.879. The third-order valence-electron chi connectivity index (χ3n) is 3.66. The van der Waals surface area contributed by atoms with Crippen molar-refractivity contribution in [2.75, 3.05) is 13.1 Å². The van der Waals surface area contributed by atoms with Crippen LogP contribution >= 0.6 is 12.4 Å². The van der Waals surface area contributed by atoms with Gasteiger partial charge in [-0.05, 0) is 30.0 Å². The fourth-order valence-corrected chi connectivity index (χ4v) is 2.33. The number of likely N-dealkylation sites (tertiary alicyclic amines) is 1. The standard InChI is InChI=1S/C14H18F2N2O.ClH/c1-9-8-18(5-4-13(9)17)14(19)7-10-2-3-11(15)12(16)6-10;/h2-3,6,9,13H,4-5,7-8,17H2,1H3;1H. The maximum Gasteiger partial charge on any atom is 0.227 e. The number of hydrogen-bond acceptors (Lipinski definition) is 2. The van der Waals surface area contributed by atoms with Gasteiger partial charge in [0.25, 0.3) is 0 Å². The zero-order valence-corrected chi connectivity index (χ0v) is 12.1. The quantitative estimate of drug-likeness (QED) is 0.910. The van der Waals surface area contributed by atoms with Crippen molar-refractivity contribution >= 4 is 18.3 Å². The van der Waals surface area contributed by atoms with E-state index in [2.05, 4.69) is 0 Å². The molecule has 0 saturated carbocycles. The molecule has 1 aliphatic rings. The molecular formula is C14H19ClF2N2O. The number of hydrogen-bond donors (Lipinski definition) is 1. The summed E-state index contributed by atoms with van der Waals surface area (Å²) >= 11 is 0. The summed E-state index contributed by atoms with van der Waals surface area (Å²) < 4.78 is 25.9. The van der Waals surface area contributed by atoms with Crippen LogP contribution in [0.25, 0.3) is 0 Å². The van der Waals surface area contributed by atoms with E-state index in [-0.39, 0.29) is 36.7 Å². The molecule has 20 heavy (non-hydrogen) atoms. The summed E-state index contributed by atoms with van der Waals surface area (Å²) in [5.41, 5.74) is 6.39. The van der Waals surface area contributed by atoms with Crippen LogP contribution in [-0.2, 0) is 11.2 Å². The lowest BCUT2D eigenvalue weighted by Gasteiger charge is -2.35. The molecule has 1 heterocycles. The molecule has 1 aromatic rings. The summed E-state index contributed by atoms with van der Waals surface area (Å²) in [4.78, 5) is 13.8.